The molecule has 0 aliphatic rings. The van der Waals surface area contributed by atoms with E-state index in [-0.39, 0.29) is 0 Å². The van der Waals surface area contributed by atoms with Crippen molar-refractivity contribution in [2.75, 3.05) is 0 Å². The van der Waals surface area contributed by atoms with Crippen molar-refractivity contribution in [3.63, 3.8) is 0 Å². The summed E-state index contributed by atoms with van der Waals surface area (Å²) in [6.07, 6.45) is 3.14. The van der Waals surface area contributed by atoms with Gasteiger partial charge in [-0.15, -0.1) is 0 Å². The lowest BCUT2D eigenvalue weighted by atomic mass is 10.2. The lowest BCUT2D eigenvalue weighted by molar-refractivity contribution is 1.42. The molecule has 0 radical (unpaired) electrons. The van der Waals surface area contributed by atoms with Crippen LogP contribution in [0.25, 0.3) is 0 Å². The van der Waals surface area contributed by atoms with Gasteiger partial charge in [-0.25, -0.2) is 0 Å². The fourth-order valence-corrected chi connectivity index (χ4v) is 0.895. The van der Waals surface area contributed by atoms with Crippen LogP contribution in [0.2, 0.25) is 0 Å². The van der Waals surface area contributed by atoms with Crippen molar-refractivity contribution >= 4 is 6.21 Å². The van der Waals surface area contributed by atoms with Crippen molar-refractivity contribution in [3.8, 4) is 6.07 Å². The molecule has 0 heterocycles. The summed E-state index contributed by atoms with van der Waals surface area (Å²) in [5.41, 5.74) is 2.81. The molecule has 0 fully saturated rings. The average Bonchev–Trinajstić information content (AvgIpc) is 2.50. The highest BCUT2D eigenvalue weighted by Crippen LogP contribution is 2.00. The van der Waals surface area contributed by atoms with Gasteiger partial charge in [-0.2, -0.15) is 5.26 Å². The van der Waals surface area contributed by atoms with Crippen LogP contribution in [0.1, 0.15) is 45.7 Å². The summed E-state index contributed by atoms with van der Waals surface area (Å²) in [5.74, 6) is 0. The van der Waals surface area contributed by atoms with Crippen LogP contribution >= 0.6 is 0 Å². The number of allylic oxidation sites excluding steroid dienone is 1. The molecule has 0 amide bonds. The third kappa shape index (κ3) is 18.2. The van der Waals surface area contributed by atoms with Gasteiger partial charge in [-0.3, -0.25) is 4.99 Å². The first-order chi connectivity index (χ1) is 9.60. The lowest BCUT2D eigenvalue weighted by Gasteiger charge is -1.88. The van der Waals surface area contributed by atoms with E-state index in [1.807, 2.05) is 59.7 Å². The zero-order valence-electron chi connectivity index (χ0n) is 13.8. The third-order valence-electron chi connectivity index (χ3n) is 1.55. The van der Waals surface area contributed by atoms with Crippen LogP contribution in [0, 0.1) is 18.3 Å². The number of benzene rings is 1. The summed E-state index contributed by atoms with van der Waals surface area (Å²) >= 11 is 0. The second-order valence-electron chi connectivity index (χ2n) is 3.29. The average molecular weight is 272 g/mol. The molecule has 20 heavy (non-hydrogen) atoms. The van der Waals surface area contributed by atoms with Gasteiger partial charge in [-0.05, 0) is 37.1 Å². The van der Waals surface area contributed by atoms with Gasteiger partial charge in [0.05, 0.1) is 11.6 Å². The Balaban J connectivity index is -0.000000236. The Morgan fingerprint density at radius 2 is 1.80 bits per heavy atom. The Bertz CT molecular complexity index is 423. The van der Waals surface area contributed by atoms with Gasteiger partial charge in [-0.1, -0.05) is 53.0 Å². The molecule has 0 aliphatic carbocycles. The van der Waals surface area contributed by atoms with Gasteiger partial charge >= 0.3 is 0 Å². The summed E-state index contributed by atoms with van der Waals surface area (Å²) in [4.78, 5) is 3.71. The zero-order valence-corrected chi connectivity index (χ0v) is 13.8. The summed E-state index contributed by atoms with van der Waals surface area (Å²) in [6, 6.07) is 9.58. The minimum absolute atomic E-state index is 0.731. The monoisotopic (exact) mass is 272 g/mol. The number of hydrogen-bond donors (Lipinski definition) is 0. The molecule has 0 unspecified atom stereocenters. The first-order valence-electron chi connectivity index (χ1n) is 6.86. The number of nitrogens with zero attached hydrogens (tertiary/aromatic N) is 2. The Morgan fingerprint density at radius 3 is 2.05 bits per heavy atom. The molecule has 0 bridgehead atoms. The number of aliphatic imine (C=N–C) groups is 1. The van der Waals surface area contributed by atoms with Crippen LogP contribution in [0.3, 0.4) is 0 Å². The van der Waals surface area contributed by atoms with Crippen molar-refractivity contribution in [2.45, 2.75) is 41.5 Å². The molecular weight excluding hydrogens is 244 g/mol. The summed E-state index contributed by atoms with van der Waals surface area (Å²) in [5, 5.41) is 8.41. The van der Waals surface area contributed by atoms with Crippen LogP contribution < -0.4 is 0 Å². The van der Waals surface area contributed by atoms with Crippen molar-refractivity contribution in [1.82, 2.24) is 0 Å². The normalized spacial score (nSPS) is 7.65. The molecule has 0 saturated heterocycles. The third-order valence-corrected chi connectivity index (χ3v) is 1.55. The van der Waals surface area contributed by atoms with Gasteiger partial charge in [0.25, 0.3) is 0 Å². The molecule has 110 valence electrons. The van der Waals surface area contributed by atoms with Gasteiger partial charge in [0, 0.05) is 12.4 Å². The molecule has 1 aromatic carbocycles. The molecule has 2 nitrogen and oxygen atoms in total. The maximum atomic E-state index is 8.41. The van der Waals surface area contributed by atoms with E-state index in [1.54, 1.807) is 12.3 Å². The number of nitriles is 1. The summed E-state index contributed by atoms with van der Waals surface area (Å²) in [7, 11) is 0. The van der Waals surface area contributed by atoms with E-state index in [0.717, 1.165) is 16.7 Å². The minimum Gasteiger partial charge on any atom is -0.265 e. The first-order valence-corrected chi connectivity index (χ1v) is 6.86. The Labute approximate surface area is 125 Å². The van der Waals surface area contributed by atoms with Crippen molar-refractivity contribution in [3.05, 3.63) is 60.3 Å². The Kier molecular flexibility index (Phi) is 22.1. The predicted octanol–water partition coefficient (Wildman–Crippen LogP) is 5.70. The molecule has 0 atom stereocenters. The smallest absolute Gasteiger partial charge is 0.0991 e. The van der Waals surface area contributed by atoms with Crippen molar-refractivity contribution < 1.29 is 0 Å². The molecular formula is C18H28N2. The highest BCUT2D eigenvalue weighted by molar-refractivity contribution is 5.77. The topological polar surface area (TPSA) is 36.1 Å². The standard InChI is InChI=1S/C8H7N.C6H9N.2C2H6/c1-7-3-2-4-8(5-7)6-9;1-4-7-5-6(2)3;2*1-2/h2-5H,1H3;4-5H,1-2H2,3H3;2*1-2H3. The maximum absolute atomic E-state index is 8.41. The van der Waals surface area contributed by atoms with E-state index in [0.29, 0.717) is 0 Å². The number of aryl methyl sites for hydroxylation is 1. The Hall–Kier alpha value is -2.14. The maximum Gasteiger partial charge on any atom is 0.0991 e. The van der Waals surface area contributed by atoms with Gasteiger partial charge in [0.15, 0.2) is 0 Å². The van der Waals surface area contributed by atoms with E-state index in [1.165, 1.54) is 6.20 Å². The molecule has 0 N–H and O–H groups in total. The van der Waals surface area contributed by atoms with Crippen LogP contribution in [-0.2, 0) is 0 Å². The molecule has 1 aromatic rings. The van der Waals surface area contributed by atoms with E-state index in [2.05, 4.69) is 24.2 Å². The largest absolute Gasteiger partial charge is 0.265 e. The fourth-order valence-electron chi connectivity index (χ4n) is 0.895. The molecule has 0 spiro atoms. The Morgan fingerprint density at radius 1 is 1.25 bits per heavy atom. The van der Waals surface area contributed by atoms with Crippen LogP contribution in [0.5, 0.6) is 0 Å². The SMILES string of the molecule is C=CN=CC(=C)C.CC.CC.Cc1cccc(C#N)c1. The van der Waals surface area contributed by atoms with Gasteiger partial charge in [0.2, 0.25) is 0 Å². The van der Waals surface area contributed by atoms with E-state index in [4.69, 9.17) is 5.26 Å². The zero-order chi connectivity index (χ0) is 16.4. The van der Waals surface area contributed by atoms with Gasteiger partial charge < -0.3 is 0 Å². The molecule has 2 heteroatoms. The number of hydrogen-bond acceptors (Lipinski definition) is 2. The molecule has 1 rings (SSSR count). The lowest BCUT2D eigenvalue weighted by Crippen LogP contribution is -1.73. The molecule has 0 aliphatic heterocycles. The van der Waals surface area contributed by atoms with Crippen LogP contribution in [-0.4, -0.2) is 6.21 Å². The van der Waals surface area contributed by atoms with E-state index in [9.17, 15) is 0 Å². The quantitative estimate of drug-likeness (QED) is 0.636. The van der Waals surface area contributed by atoms with E-state index < -0.39 is 0 Å². The predicted molar refractivity (Wildman–Crippen MR) is 92.1 cm³/mol. The second-order valence-corrected chi connectivity index (χ2v) is 3.29. The second kappa shape index (κ2) is 19.2. The number of rotatable bonds is 2. The first kappa shape index (κ1) is 23.0. The van der Waals surface area contributed by atoms with Gasteiger partial charge in [0.1, 0.15) is 0 Å². The minimum atomic E-state index is 0.731. The summed E-state index contributed by atoms with van der Waals surface area (Å²) in [6.45, 7) is 18.8. The van der Waals surface area contributed by atoms with Crippen molar-refractivity contribution in [2.24, 2.45) is 4.99 Å². The molecule has 0 saturated carbocycles. The highest BCUT2D eigenvalue weighted by atomic mass is 14.6. The van der Waals surface area contributed by atoms with Crippen molar-refractivity contribution in [1.29, 1.82) is 5.26 Å². The summed E-state index contributed by atoms with van der Waals surface area (Å²) < 4.78 is 0. The molecule has 0 aromatic heterocycles. The van der Waals surface area contributed by atoms with Crippen LogP contribution in [0.4, 0.5) is 0 Å². The van der Waals surface area contributed by atoms with E-state index >= 15 is 0 Å². The fraction of sp³-hybridized carbons (Fsp3) is 0.333. The van der Waals surface area contributed by atoms with Crippen LogP contribution in [0.15, 0.2) is 54.2 Å². The highest BCUT2D eigenvalue weighted by Gasteiger charge is 1.86.